The average Bonchev–Trinajstić information content (AvgIpc) is 3.29. The second-order valence-corrected chi connectivity index (χ2v) is 10.5. The molecular weight excluding hydrogens is 438 g/mol. The maximum absolute atomic E-state index is 12.6. The second-order valence-electron chi connectivity index (χ2n) is 7.31. The molecule has 11 heteroatoms. The minimum Gasteiger partial charge on any atom is -0.310 e. The lowest BCUT2D eigenvalue weighted by molar-refractivity contribution is -0.113. The van der Waals surface area contributed by atoms with E-state index in [1.165, 1.54) is 6.07 Å². The van der Waals surface area contributed by atoms with Crippen LogP contribution in [0.3, 0.4) is 0 Å². The highest BCUT2D eigenvalue weighted by atomic mass is 32.2. The Morgan fingerprint density at radius 1 is 1.29 bits per heavy atom. The Morgan fingerprint density at radius 2 is 2.06 bits per heavy atom. The number of H-pyrrole nitrogens is 1. The third kappa shape index (κ3) is 5.23. The van der Waals surface area contributed by atoms with Crippen LogP contribution in [0.2, 0.25) is 0 Å². The molecule has 1 aromatic carbocycles. The Balaban J connectivity index is 1.55. The Labute approximate surface area is 183 Å². The molecule has 1 fully saturated rings. The van der Waals surface area contributed by atoms with Crippen molar-refractivity contribution < 1.29 is 13.2 Å². The van der Waals surface area contributed by atoms with E-state index in [-0.39, 0.29) is 34.8 Å². The van der Waals surface area contributed by atoms with Gasteiger partial charge in [-0.3, -0.25) is 9.59 Å². The number of benzene rings is 1. The zero-order valence-electron chi connectivity index (χ0n) is 16.7. The van der Waals surface area contributed by atoms with Crippen LogP contribution in [-0.4, -0.2) is 51.3 Å². The predicted molar refractivity (Wildman–Crippen MR) is 119 cm³/mol. The third-order valence-electron chi connectivity index (χ3n) is 4.82. The molecule has 2 N–H and O–H groups in total. The van der Waals surface area contributed by atoms with Gasteiger partial charge in [0.2, 0.25) is 5.91 Å². The summed E-state index contributed by atoms with van der Waals surface area (Å²) in [6.07, 6.45) is 0.449. The normalized spacial score (nSPS) is 17.5. The second kappa shape index (κ2) is 8.67. The molecule has 0 spiro atoms. The lowest BCUT2D eigenvalue weighted by Crippen LogP contribution is -2.21. The Kier molecular flexibility index (Phi) is 5.96. The number of hydrogen-bond acceptors (Lipinski definition) is 7. The molecule has 3 aromatic rings. The van der Waals surface area contributed by atoms with Crippen LogP contribution in [0.1, 0.15) is 18.2 Å². The molecular formula is C20H21N5O4S2. The molecule has 0 radical (unpaired) electrons. The SMILES string of the molecule is Cc1cc(=O)[nH]c(SCC(=O)Nc2cc(-c3ccccc3)nn2C2CCS(=O)(=O)C2)n1. The molecule has 0 saturated carbocycles. The number of sulfone groups is 1. The summed E-state index contributed by atoms with van der Waals surface area (Å²) >= 11 is 1.11. The minimum absolute atomic E-state index is 0.00498. The predicted octanol–water partition coefficient (Wildman–Crippen LogP) is 2.03. The van der Waals surface area contributed by atoms with E-state index >= 15 is 0 Å². The van der Waals surface area contributed by atoms with Gasteiger partial charge in [-0.15, -0.1) is 0 Å². The van der Waals surface area contributed by atoms with Gasteiger partial charge >= 0.3 is 0 Å². The van der Waals surface area contributed by atoms with Gasteiger partial charge in [-0.1, -0.05) is 42.1 Å². The number of hydrogen-bond donors (Lipinski definition) is 2. The Bertz CT molecular complexity index is 1270. The van der Waals surface area contributed by atoms with Gasteiger partial charge in [-0.25, -0.2) is 18.1 Å². The van der Waals surface area contributed by atoms with Crippen molar-refractivity contribution in [1.29, 1.82) is 0 Å². The van der Waals surface area contributed by atoms with E-state index in [2.05, 4.69) is 20.4 Å². The topological polar surface area (TPSA) is 127 Å². The number of nitrogens with one attached hydrogen (secondary N) is 2. The monoisotopic (exact) mass is 459 g/mol. The maximum atomic E-state index is 12.6. The van der Waals surface area contributed by atoms with Gasteiger partial charge < -0.3 is 10.3 Å². The first-order valence-electron chi connectivity index (χ1n) is 9.65. The summed E-state index contributed by atoms with van der Waals surface area (Å²) in [6, 6.07) is 12.3. The van der Waals surface area contributed by atoms with Crippen LogP contribution in [-0.2, 0) is 14.6 Å². The summed E-state index contributed by atoms with van der Waals surface area (Å²) in [5.74, 6) is 0.261. The van der Waals surface area contributed by atoms with Gasteiger partial charge in [0.25, 0.3) is 5.56 Å². The number of aromatic amines is 1. The summed E-state index contributed by atoms with van der Waals surface area (Å²) in [7, 11) is -3.12. The van der Waals surface area contributed by atoms with Crippen LogP contribution < -0.4 is 10.9 Å². The van der Waals surface area contributed by atoms with E-state index in [0.29, 0.717) is 28.8 Å². The first-order valence-corrected chi connectivity index (χ1v) is 12.5. The van der Waals surface area contributed by atoms with E-state index in [0.717, 1.165) is 17.3 Å². The van der Waals surface area contributed by atoms with Crippen molar-refractivity contribution >= 4 is 33.3 Å². The molecule has 1 aliphatic heterocycles. The molecule has 0 aliphatic carbocycles. The largest absolute Gasteiger partial charge is 0.310 e. The summed E-state index contributed by atoms with van der Waals surface area (Å²) in [6.45, 7) is 1.71. The van der Waals surface area contributed by atoms with Crippen molar-refractivity contribution in [3.05, 3.63) is 58.5 Å². The molecule has 1 atom stereocenters. The fourth-order valence-electron chi connectivity index (χ4n) is 3.42. The molecule has 1 aliphatic rings. The molecule has 31 heavy (non-hydrogen) atoms. The van der Waals surface area contributed by atoms with Crippen molar-refractivity contribution in [1.82, 2.24) is 19.7 Å². The number of carbonyl (C=O) groups excluding carboxylic acids is 1. The van der Waals surface area contributed by atoms with E-state index in [1.807, 2.05) is 30.3 Å². The highest BCUT2D eigenvalue weighted by Gasteiger charge is 2.31. The number of carbonyl (C=O) groups is 1. The average molecular weight is 460 g/mol. The highest BCUT2D eigenvalue weighted by molar-refractivity contribution is 7.99. The molecule has 9 nitrogen and oxygen atoms in total. The van der Waals surface area contributed by atoms with Crippen LogP contribution in [0.15, 0.2) is 52.4 Å². The molecule has 2 aromatic heterocycles. The van der Waals surface area contributed by atoms with Gasteiger partial charge in [0.05, 0.1) is 29.0 Å². The lowest BCUT2D eigenvalue weighted by atomic mass is 10.2. The summed E-state index contributed by atoms with van der Waals surface area (Å²) in [5.41, 5.74) is 1.81. The summed E-state index contributed by atoms with van der Waals surface area (Å²) in [4.78, 5) is 30.9. The fraction of sp³-hybridized carbons (Fsp3) is 0.300. The van der Waals surface area contributed by atoms with Crippen LogP contribution >= 0.6 is 11.8 Å². The fourth-order valence-corrected chi connectivity index (χ4v) is 5.83. The minimum atomic E-state index is -3.12. The van der Waals surface area contributed by atoms with Gasteiger partial charge in [-0.2, -0.15) is 5.10 Å². The van der Waals surface area contributed by atoms with Crippen LogP contribution in [0.5, 0.6) is 0 Å². The number of rotatable bonds is 6. The van der Waals surface area contributed by atoms with Gasteiger partial charge in [0.15, 0.2) is 15.0 Å². The number of anilines is 1. The standard InChI is InChI=1S/C20H21N5O4S2/c1-13-9-18(26)23-20(21-13)30-11-19(27)22-17-10-16(14-5-3-2-4-6-14)24-25(17)15-7-8-31(28,29)12-15/h2-6,9-10,15H,7-8,11-12H2,1H3,(H,22,27)(H,21,23,26). The first kappa shape index (κ1) is 21.3. The first-order chi connectivity index (χ1) is 14.8. The molecule has 3 heterocycles. The third-order valence-corrected chi connectivity index (χ3v) is 7.44. The van der Waals surface area contributed by atoms with Gasteiger partial charge in [0, 0.05) is 23.4 Å². The van der Waals surface area contributed by atoms with Crippen LogP contribution in [0.25, 0.3) is 11.3 Å². The quantitative estimate of drug-likeness (QED) is 0.426. The van der Waals surface area contributed by atoms with E-state index in [4.69, 9.17) is 0 Å². The maximum Gasteiger partial charge on any atom is 0.251 e. The molecule has 4 rings (SSSR count). The smallest absolute Gasteiger partial charge is 0.251 e. The number of aryl methyl sites for hydroxylation is 1. The lowest BCUT2D eigenvalue weighted by Gasteiger charge is -2.13. The van der Waals surface area contributed by atoms with E-state index in [9.17, 15) is 18.0 Å². The number of nitrogens with zero attached hydrogens (tertiary/aromatic N) is 3. The summed E-state index contributed by atoms with van der Waals surface area (Å²) < 4.78 is 25.5. The van der Waals surface area contributed by atoms with Gasteiger partial charge in [-0.05, 0) is 13.3 Å². The van der Waals surface area contributed by atoms with Crippen molar-refractivity contribution in [2.24, 2.45) is 0 Å². The highest BCUT2D eigenvalue weighted by Crippen LogP contribution is 2.30. The van der Waals surface area contributed by atoms with Gasteiger partial charge in [0.1, 0.15) is 5.82 Å². The molecule has 1 amide bonds. The number of thioether (sulfide) groups is 1. The van der Waals surface area contributed by atoms with Crippen molar-refractivity contribution in [2.45, 2.75) is 24.5 Å². The van der Waals surface area contributed by atoms with E-state index < -0.39 is 9.84 Å². The van der Waals surface area contributed by atoms with Crippen molar-refractivity contribution in [3.8, 4) is 11.3 Å². The van der Waals surface area contributed by atoms with Crippen molar-refractivity contribution in [3.63, 3.8) is 0 Å². The van der Waals surface area contributed by atoms with Crippen LogP contribution in [0.4, 0.5) is 5.82 Å². The number of aromatic nitrogens is 4. The molecule has 1 unspecified atom stereocenters. The molecule has 1 saturated heterocycles. The Morgan fingerprint density at radius 3 is 2.74 bits per heavy atom. The van der Waals surface area contributed by atoms with Crippen molar-refractivity contribution in [2.75, 3.05) is 22.6 Å². The van der Waals surface area contributed by atoms with Crippen LogP contribution in [0, 0.1) is 6.92 Å². The Hall–Kier alpha value is -2.92. The summed E-state index contributed by atoms with van der Waals surface area (Å²) in [5, 5.41) is 7.79. The molecule has 162 valence electrons. The zero-order chi connectivity index (χ0) is 22.0. The zero-order valence-corrected chi connectivity index (χ0v) is 18.4. The van der Waals surface area contributed by atoms with E-state index in [1.54, 1.807) is 17.7 Å². The number of amides is 1. The molecule has 0 bridgehead atoms.